The Bertz CT molecular complexity index is 447. The SMILES string of the molecule is Cc1cccnc1CC(Cl)C1CCCC(C(F)(F)F)C1. The number of aromatic nitrogens is 1. The number of hydrogen-bond acceptors (Lipinski definition) is 1. The predicted molar refractivity (Wildman–Crippen MR) is 73.8 cm³/mol. The van der Waals surface area contributed by atoms with E-state index in [2.05, 4.69) is 4.98 Å². The van der Waals surface area contributed by atoms with Crippen molar-refractivity contribution < 1.29 is 13.2 Å². The molecule has 5 heteroatoms. The van der Waals surface area contributed by atoms with E-state index in [1.165, 1.54) is 0 Å². The molecule has 0 N–H and O–H groups in total. The lowest BCUT2D eigenvalue weighted by atomic mass is 9.78. The fourth-order valence-corrected chi connectivity index (χ4v) is 3.31. The van der Waals surface area contributed by atoms with E-state index in [1.807, 2.05) is 19.1 Å². The Balaban J connectivity index is 1.99. The van der Waals surface area contributed by atoms with Crippen LogP contribution in [0.25, 0.3) is 0 Å². The fraction of sp³-hybridized carbons (Fsp3) is 0.667. The molecule has 1 aromatic rings. The standard InChI is InChI=1S/C15H19ClF3N/c1-10-4-3-7-20-14(10)9-13(16)11-5-2-6-12(8-11)15(17,18)19/h3-4,7,11-13H,2,5-6,8-9H2,1H3. The first-order valence-corrected chi connectivity index (χ1v) is 7.43. The van der Waals surface area contributed by atoms with Gasteiger partial charge in [-0.05, 0) is 43.7 Å². The lowest BCUT2D eigenvalue weighted by Gasteiger charge is -2.33. The Hall–Kier alpha value is -0.770. The fourth-order valence-electron chi connectivity index (χ4n) is 2.94. The summed E-state index contributed by atoms with van der Waals surface area (Å²) in [7, 11) is 0. The average molecular weight is 306 g/mol. The molecule has 0 amide bonds. The van der Waals surface area contributed by atoms with Gasteiger partial charge in [-0.1, -0.05) is 12.5 Å². The lowest BCUT2D eigenvalue weighted by molar-refractivity contribution is -0.185. The molecule has 1 fully saturated rings. The Kier molecular flexibility index (Phi) is 4.95. The van der Waals surface area contributed by atoms with Crippen LogP contribution in [0.5, 0.6) is 0 Å². The highest BCUT2D eigenvalue weighted by atomic mass is 35.5. The van der Waals surface area contributed by atoms with Crippen molar-refractivity contribution in [3.8, 4) is 0 Å². The van der Waals surface area contributed by atoms with Crippen LogP contribution in [0.4, 0.5) is 13.2 Å². The molecule has 1 aliphatic carbocycles. The monoisotopic (exact) mass is 305 g/mol. The molecule has 0 spiro atoms. The number of hydrogen-bond donors (Lipinski definition) is 0. The van der Waals surface area contributed by atoms with Crippen LogP contribution >= 0.6 is 11.6 Å². The van der Waals surface area contributed by atoms with Crippen molar-refractivity contribution >= 4 is 11.6 Å². The highest BCUT2D eigenvalue weighted by Gasteiger charge is 2.43. The summed E-state index contributed by atoms with van der Waals surface area (Å²) in [4.78, 5) is 4.27. The van der Waals surface area contributed by atoms with E-state index in [-0.39, 0.29) is 24.1 Å². The van der Waals surface area contributed by atoms with Crippen molar-refractivity contribution in [3.63, 3.8) is 0 Å². The van der Waals surface area contributed by atoms with Crippen molar-refractivity contribution in [2.45, 2.75) is 50.6 Å². The van der Waals surface area contributed by atoms with Gasteiger partial charge in [-0.2, -0.15) is 13.2 Å². The molecule has 1 aromatic heterocycles. The minimum atomic E-state index is -4.09. The zero-order chi connectivity index (χ0) is 14.8. The van der Waals surface area contributed by atoms with Gasteiger partial charge in [0.25, 0.3) is 0 Å². The first-order valence-electron chi connectivity index (χ1n) is 6.99. The van der Waals surface area contributed by atoms with Gasteiger partial charge in [-0.25, -0.2) is 0 Å². The van der Waals surface area contributed by atoms with Crippen LogP contribution in [0.1, 0.15) is 36.9 Å². The second-order valence-corrected chi connectivity index (χ2v) is 6.21. The number of alkyl halides is 4. The van der Waals surface area contributed by atoms with Gasteiger partial charge < -0.3 is 0 Å². The van der Waals surface area contributed by atoms with E-state index in [0.717, 1.165) is 17.7 Å². The van der Waals surface area contributed by atoms with Crippen molar-refractivity contribution in [1.82, 2.24) is 4.98 Å². The average Bonchev–Trinajstić information content (AvgIpc) is 2.40. The first kappa shape index (κ1) is 15.6. The lowest BCUT2D eigenvalue weighted by Crippen LogP contribution is -2.32. The predicted octanol–water partition coefficient (Wildman–Crippen LogP) is 4.91. The molecule has 0 radical (unpaired) electrons. The van der Waals surface area contributed by atoms with E-state index >= 15 is 0 Å². The van der Waals surface area contributed by atoms with Crippen molar-refractivity contribution in [1.29, 1.82) is 0 Å². The molecule has 0 aromatic carbocycles. The van der Waals surface area contributed by atoms with Crippen LogP contribution < -0.4 is 0 Å². The summed E-state index contributed by atoms with van der Waals surface area (Å²) in [6.45, 7) is 1.95. The van der Waals surface area contributed by atoms with Crippen LogP contribution in [0, 0.1) is 18.8 Å². The first-order chi connectivity index (χ1) is 9.38. The van der Waals surface area contributed by atoms with E-state index in [1.54, 1.807) is 6.20 Å². The van der Waals surface area contributed by atoms with Crippen LogP contribution in [-0.2, 0) is 6.42 Å². The molecular formula is C15H19ClF3N. The zero-order valence-electron chi connectivity index (χ0n) is 11.5. The third-order valence-electron chi connectivity index (χ3n) is 4.20. The van der Waals surface area contributed by atoms with E-state index in [0.29, 0.717) is 12.8 Å². The molecule has 3 unspecified atom stereocenters. The summed E-state index contributed by atoms with van der Waals surface area (Å²) in [6.07, 6.45) is -0.0489. The van der Waals surface area contributed by atoms with Gasteiger partial charge in [0, 0.05) is 23.7 Å². The molecule has 0 aliphatic heterocycles. The van der Waals surface area contributed by atoms with Crippen LogP contribution in [0.3, 0.4) is 0 Å². The maximum absolute atomic E-state index is 12.8. The van der Waals surface area contributed by atoms with Gasteiger partial charge in [0.05, 0.1) is 5.92 Å². The Morgan fingerprint density at radius 3 is 2.80 bits per heavy atom. The van der Waals surface area contributed by atoms with Gasteiger partial charge in [-0.15, -0.1) is 11.6 Å². The Morgan fingerprint density at radius 2 is 2.15 bits per heavy atom. The maximum Gasteiger partial charge on any atom is 0.391 e. The van der Waals surface area contributed by atoms with E-state index < -0.39 is 12.1 Å². The summed E-state index contributed by atoms with van der Waals surface area (Å²) in [5.41, 5.74) is 1.93. The topological polar surface area (TPSA) is 12.9 Å². The summed E-state index contributed by atoms with van der Waals surface area (Å²) in [5, 5.41) is -0.270. The minimum Gasteiger partial charge on any atom is -0.261 e. The highest BCUT2D eigenvalue weighted by Crippen LogP contribution is 2.42. The van der Waals surface area contributed by atoms with Crippen molar-refractivity contribution in [2.24, 2.45) is 11.8 Å². The molecule has 0 saturated heterocycles. The van der Waals surface area contributed by atoms with Crippen molar-refractivity contribution in [2.75, 3.05) is 0 Å². The molecule has 3 atom stereocenters. The summed E-state index contributed by atoms with van der Waals surface area (Å²) in [6, 6.07) is 3.80. The van der Waals surface area contributed by atoms with Crippen LogP contribution in [0.2, 0.25) is 0 Å². The van der Waals surface area contributed by atoms with E-state index in [9.17, 15) is 13.2 Å². The highest BCUT2D eigenvalue weighted by molar-refractivity contribution is 6.20. The molecule has 112 valence electrons. The number of halogens is 4. The molecule has 20 heavy (non-hydrogen) atoms. The van der Waals surface area contributed by atoms with Crippen molar-refractivity contribution in [3.05, 3.63) is 29.6 Å². The normalized spacial score (nSPS) is 25.4. The molecule has 1 saturated carbocycles. The van der Waals surface area contributed by atoms with Gasteiger partial charge in [-0.3, -0.25) is 4.98 Å². The Morgan fingerprint density at radius 1 is 1.40 bits per heavy atom. The second kappa shape index (κ2) is 6.33. The molecule has 1 nitrogen and oxygen atoms in total. The maximum atomic E-state index is 12.8. The largest absolute Gasteiger partial charge is 0.391 e. The molecular weight excluding hydrogens is 287 g/mol. The number of pyridine rings is 1. The minimum absolute atomic E-state index is 0.0709. The van der Waals surface area contributed by atoms with E-state index in [4.69, 9.17) is 11.6 Å². The van der Waals surface area contributed by atoms with Gasteiger partial charge in [0.15, 0.2) is 0 Å². The summed E-state index contributed by atoms with van der Waals surface area (Å²) in [5.74, 6) is -1.26. The number of nitrogens with zero attached hydrogens (tertiary/aromatic N) is 1. The quantitative estimate of drug-likeness (QED) is 0.723. The van der Waals surface area contributed by atoms with Crippen LogP contribution in [0.15, 0.2) is 18.3 Å². The third-order valence-corrected chi connectivity index (χ3v) is 4.71. The summed E-state index contributed by atoms with van der Waals surface area (Å²) >= 11 is 6.37. The molecule has 1 heterocycles. The second-order valence-electron chi connectivity index (χ2n) is 5.65. The number of rotatable bonds is 3. The number of aryl methyl sites for hydroxylation is 1. The van der Waals surface area contributed by atoms with Gasteiger partial charge in [0.1, 0.15) is 0 Å². The van der Waals surface area contributed by atoms with Gasteiger partial charge in [0.2, 0.25) is 0 Å². The van der Waals surface area contributed by atoms with Gasteiger partial charge >= 0.3 is 6.18 Å². The zero-order valence-corrected chi connectivity index (χ0v) is 12.2. The van der Waals surface area contributed by atoms with Crippen LogP contribution in [-0.4, -0.2) is 16.5 Å². The molecule has 2 rings (SSSR count). The smallest absolute Gasteiger partial charge is 0.261 e. The Labute approximate surface area is 122 Å². The molecule has 0 bridgehead atoms. The molecule has 1 aliphatic rings. The summed E-state index contributed by atoms with van der Waals surface area (Å²) < 4.78 is 38.4. The third kappa shape index (κ3) is 3.87.